The van der Waals surface area contributed by atoms with Crippen molar-refractivity contribution in [3.05, 3.63) is 11.3 Å². The molecule has 0 unspecified atom stereocenters. The molecule has 3 atom stereocenters. The number of cyclic esters (lactones) is 1. The van der Waals surface area contributed by atoms with E-state index in [9.17, 15) is 9.59 Å². The third kappa shape index (κ3) is 1.85. The molecule has 0 radical (unpaired) electrons. The van der Waals surface area contributed by atoms with Crippen LogP contribution in [0.4, 0.5) is 4.79 Å². The van der Waals surface area contributed by atoms with Crippen LogP contribution in [0.3, 0.4) is 0 Å². The van der Waals surface area contributed by atoms with Crippen LogP contribution in [0.1, 0.15) is 39.0 Å². The Labute approximate surface area is 124 Å². The highest BCUT2D eigenvalue weighted by Crippen LogP contribution is 2.58. The van der Waals surface area contributed by atoms with E-state index in [-0.39, 0.29) is 17.4 Å². The lowest BCUT2D eigenvalue weighted by Gasteiger charge is -2.36. The van der Waals surface area contributed by atoms with Crippen molar-refractivity contribution in [3.8, 4) is 12.3 Å². The molecule has 0 bridgehead atoms. The van der Waals surface area contributed by atoms with Crippen LogP contribution in [0, 0.1) is 17.8 Å². The zero-order valence-electron chi connectivity index (χ0n) is 12.3. The predicted octanol–water partition coefficient (Wildman–Crippen LogP) is 2.22. The van der Waals surface area contributed by atoms with Crippen molar-refractivity contribution in [2.24, 2.45) is 5.41 Å². The molecule has 0 aromatic carbocycles. The highest BCUT2D eigenvalue weighted by Gasteiger charge is 2.62. The lowest BCUT2D eigenvalue weighted by molar-refractivity contribution is -0.145. The maximum atomic E-state index is 12.3. The van der Waals surface area contributed by atoms with Crippen molar-refractivity contribution < 1.29 is 19.1 Å². The van der Waals surface area contributed by atoms with E-state index in [1.54, 1.807) is 4.90 Å². The van der Waals surface area contributed by atoms with Crippen molar-refractivity contribution in [2.45, 2.75) is 51.1 Å². The Kier molecular flexibility index (Phi) is 3.20. The van der Waals surface area contributed by atoms with Gasteiger partial charge in [-0.3, -0.25) is 4.90 Å². The molecule has 2 fully saturated rings. The standard InChI is InChI=1S/C16H19NO4/c1-4-5-7-16-8-6-11-10(2)21-15(19)17(13(11)16)12(9-16)14(18)20-3/h1,12-13H,5-9H2,2-3H3/t12-,13+,16+/m0/s1. The van der Waals surface area contributed by atoms with Crippen molar-refractivity contribution >= 4 is 12.1 Å². The normalized spacial score (nSPS) is 33.6. The second-order valence-electron chi connectivity index (χ2n) is 6.07. The van der Waals surface area contributed by atoms with Crippen LogP contribution in [0.25, 0.3) is 0 Å². The molecule has 1 saturated carbocycles. The summed E-state index contributed by atoms with van der Waals surface area (Å²) in [5.74, 6) is 3.00. The summed E-state index contributed by atoms with van der Waals surface area (Å²) in [5, 5.41) is 0. The Hall–Kier alpha value is -1.96. The van der Waals surface area contributed by atoms with Gasteiger partial charge in [0, 0.05) is 6.42 Å². The molecule has 112 valence electrons. The minimum atomic E-state index is -0.561. The minimum absolute atomic E-state index is 0.0591. The summed E-state index contributed by atoms with van der Waals surface area (Å²) in [4.78, 5) is 25.9. The summed E-state index contributed by atoms with van der Waals surface area (Å²) in [5.41, 5.74) is 1.03. The molecular weight excluding hydrogens is 270 g/mol. The number of terminal acetylenes is 1. The summed E-state index contributed by atoms with van der Waals surface area (Å²) in [6.07, 6.45) is 8.90. The third-order valence-electron chi connectivity index (χ3n) is 5.16. The van der Waals surface area contributed by atoms with E-state index in [2.05, 4.69) is 5.92 Å². The molecule has 3 aliphatic rings. The number of ether oxygens (including phenoxy) is 2. The fourth-order valence-electron chi connectivity index (χ4n) is 4.23. The Bertz CT molecular complexity index is 573. The molecule has 0 spiro atoms. The number of nitrogens with zero attached hydrogens (tertiary/aromatic N) is 1. The molecule has 2 aliphatic heterocycles. The maximum Gasteiger partial charge on any atom is 0.416 e. The first-order valence-electron chi connectivity index (χ1n) is 7.25. The predicted molar refractivity (Wildman–Crippen MR) is 75.0 cm³/mol. The van der Waals surface area contributed by atoms with Gasteiger partial charge in [-0.05, 0) is 43.6 Å². The van der Waals surface area contributed by atoms with Crippen LogP contribution in [0.15, 0.2) is 11.3 Å². The average Bonchev–Trinajstić information content (AvgIpc) is 2.98. The fourth-order valence-corrected chi connectivity index (χ4v) is 4.23. The van der Waals surface area contributed by atoms with Gasteiger partial charge in [0.2, 0.25) is 0 Å². The molecule has 21 heavy (non-hydrogen) atoms. The van der Waals surface area contributed by atoms with E-state index in [1.807, 2.05) is 6.92 Å². The van der Waals surface area contributed by atoms with Crippen LogP contribution in [-0.4, -0.2) is 36.2 Å². The Morgan fingerprint density at radius 1 is 1.62 bits per heavy atom. The highest BCUT2D eigenvalue weighted by molar-refractivity contribution is 5.84. The third-order valence-corrected chi connectivity index (χ3v) is 5.16. The maximum absolute atomic E-state index is 12.3. The van der Waals surface area contributed by atoms with Gasteiger partial charge in [0.25, 0.3) is 0 Å². The molecule has 5 nitrogen and oxygen atoms in total. The van der Waals surface area contributed by atoms with Crippen molar-refractivity contribution in [2.75, 3.05) is 7.11 Å². The molecule has 1 saturated heterocycles. The summed E-state index contributed by atoms with van der Waals surface area (Å²) < 4.78 is 10.2. The van der Waals surface area contributed by atoms with Gasteiger partial charge in [0.05, 0.1) is 13.2 Å². The van der Waals surface area contributed by atoms with Crippen molar-refractivity contribution in [3.63, 3.8) is 0 Å². The summed E-state index contributed by atoms with van der Waals surface area (Å²) in [6.45, 7) is 1.83. The molecule has 2 heterocycles. The van der Waals surface area contributed by atoms with Gasteiger partial charge in [0.15, 0.2) is 0 Å². The summed E-state index contributed by atoms with van der Waals surface area (Å²) >= 11 is 0. The van der Waals surface area contributed by atoms with Crippen LogP contribution >= 0.6 is 0 Å². The number of carbonyl (C=O) groups excluding carboxylic acids is 2. The van der Waals surface area contributed by atoms with E-state index in [4.69, 9.17) is 15.9 Å². The molecule has 5 heteroatoms. The van der Waals surface area contributed by atoms with Crippen molar-refractivity contribution in [1.82, 2.24) is 4.90 Å². The van der Waals surface area contributed by atoms with Crippen LogP contribution in [0.2, 0.25) is 0 Å². The Morgan fingerprint density at radius 3 is 3.05 bits per heavy atom. The van der Waals surface area contributed by atoms with Gasteiger partial charge in [-0.1, -0.05) is 0 Å². The van der Waals surface area contributed by atoms with Gasteiger partial charge >= 0.3 is 12.1 Å². The number of methoxy groups -OCH3 is 1. The number of allylic oxidation sites excluding steroid dienone is 1. The van der Waals surface area contributed by atoms with Gasteiger partial charge in [-0.25, -0.2) is 9.59 Å². The SMILES string of the molecule is C#CCC[C@@]12CCC3=C(C)OC(=O)N([C@H](C(=O)OC)C1)[C@H]32. The van der Waals surface area contributed by atoms with Crippen LogP contribution in [0.5, 0.6) is 0 Å². The van der Waals surface area contributed by atoms with E-state index in [0.717, 1.165) is 24.8 Å². The number of carbonyl (C=O) groups is 2. The zero-order valence-corrected chi connectivity index (χ0v) is 12.3. The fraction of sp³-hybridized carbons (Fsp3) is 0.625. The lowest BCUT2D eigenvalue weighted by Crippen LogP contribution is -2.49. The van der Waals surface area contributed by atoms with E-state index in [0.29, 0.717) is 18.6 Å². The number of hydrogen-bond acceptors (Lipinski definition) is 4. The molecular formula is C16H19NO4. The molecule has 0 N–H and O–H groups in total. The van der Waals surface area contributed by atoms with Gasteiger partial charge in [-0.15, -0.1) is 12.3 Å². The first kappa shape index (κ1) is 14.0. The Morgan fingerprint density at radius 2 is 2.38 bits per heavy atom. The quantitative estimate of drug-likeness (QED) is 0.590. The molecule has 1 aliphatic carbocycles. The number of esters is 1. The Balaban J connectivity index is 2.04. The minimum Gasteiger partial charge on any atom is -0.467 e. The highest BCUT2D eigenvalue weighted by atomic mass is 16.6. The second kappa shape index (κ2) is 4.80. The molecule has 1 amide bonds. The zero-order chi connectivity index (χ0) is 15.2. The molecule has 3 rings (SSSR count). The van der Waals surface area contributed by atoms with Crippen LogP contribution < -0.4 is 0 Å². The number of hydrogen-bond donors (Lipinski definition) is 0. The van der Waals surface area contributed by atoms with E-state index >= 15 is 0 Å². The largest absolute Gasteiger partial charge is 0.467 e. The lowest BCUT2D eigenvalue weighted by atomic mass is 9.76. The number of rotatable bonds is 3. The summed E-state index contributed by atoms with van der Waals surface area (Å²) in [6, 6.07) is -0.620. The first-order chi connectivity index (χ1) is 10.0. The van der Waals surface area contributed by atoms with E-state index in [1.165, 1.54) is 7.11 Å². The average molecular weight is 289 g/mol. The molecule has 0 aromatic heterocycles. The smallest absolute Gasteiger partial charge is 0.416 e. The van der Waals surface area contributed by atoms with Crippen molar-refractivity contribution in [1.29, 1.82) is 0 Å². The van der Waals surface area contributed by atoms with Gasteiger partial charge in [0.1, 0.15) is 11.8 Å². The second-order valence-corrected chi connectivity index (χ2v) is 6.07. The summed E-state index contributed by atoms with van der Waals surface area (Å²) in [7, 11) is 1.35. The van der Waals surface area contributed by atoms with Gasteiger partial charge < -0.3 is 9.47 Å². The van der Waals surface area contributed by atoms with Crippen LogP contribution in [-0.2, 0) is 14.3 Å². The monoisotopic (exact) mass is 289 g/mol. The number of amides is 1. The first-order valence-corrected chi connectivity index (χ1v) is 7.25. The molecule has 0 aromatic rings. The topological polar surface area (TPSA) is 55.8 Å². The van der Waals surface area contributed by atoms with E-state index < -0.39 is 12.1 Å². The van der Waals surface area contributed by atoms with Gasteiger partial charge in [-0.2, -0.15) is 0 Å².